The molecule has 3 aromatic rings. The van der Waals surface area contributed by atoms with E-state index in [9.17, 15) is 0 Å². The molecule has 4 nitrogen and oxygen atoms in total. The summed E-state index contributed by atoms with van der Waals surface area (Å²) in [5.74, 6) is 1.05. The van der Waals surface area contributed by atoms with Crippen LogP contribution < -0.4 is 0 Å². The van der Waals surface area contributed by atoms with Gasteiger partial charge in [-0.15, -0.1) is 0 Å². The van der Waals surface area contributed by atoms with Gasteiger partial charge >= 0.3 is 0 Å². The average Bonchev–Trinajstić information content (AvgIpc) is 3.01. The molecule has 2 heterocycles. The van der Waals surface area contributed by atoms with Crippen LogP contribution >= 0.6 is 0 Å². The third-order valence-electron chi connectivity index (χ3n) is 3.74. The van der Waals surface area contributed by atoms with Crippen LogP contribution in [0.5, 0.6) is 0 Å². The Morgan fingerprint density at radius 2 is 1.95 bits per heavy atom. The fourth-order valence-electron chi connectivity index (χ4n) is 2.65. The molecule has 4 heteroatoms. The molecule has 0 saturated carbocycles. The first-order valence-corrected chi connectivity index (χ1v) is 7.20. The number of imidazole rings is 1. The topological polar surface area (TPSA) is 35.6 Å². The molecule has 0 fully saturated rings. The Morgan fingerprint density at radius 1 is 1.15 bits per heavy atom. The van der Waals surface area contributed by atoms with E-state index in [1.54, 1.807) is 0 Å². The molecular weight excluding hydrogens is 248 g/mol. The van der Waals surface area contributed by atoms with Crippen molar-refractivity contribution in [3.05, 3.63) is 47.5 Å². The number of aryl methyl sites for hydroxylation is 3. The second-order valence-electron chi connectivity index (χ2n) is 5.03. The second-order valence-corrected chi connectivity index (χ2v) is 5.03. The zero-order valence-corrected chi connectivity index (χ0v) is 12.3. The summed E-state index contributed by atoms with van der Waals surface area (Å²) in [4.78, 5) is 4.63. The normalized spacial score (nSPS) is 11.3. The highest BCUT2D eigenvalue weighted by molar-refractivity contribution is 5.75. The summed E-state index contributed by atoms with van der Waals surface area (Å²) in [6.45, 7) is 8.07. The average molecular weight is 268 g/mol. The van der Waals surface area contributed by atoms with Gasteiger partial charge in [0.2, 0.25) is 0 Å². The van der Waals surface area contributed by atoms with E-state index in [-0.39, 0.29) is 0 Å². The van der Waals surface area contributed by atoms with E-state index < -0.39 is 0 Å². The Hall–Kier alpha value is -2.10. The number of benzene rings is 1. The number of nitrogens with zero attached hydrogens (tertiary/aromatic N) is 4. The molecule has 0 N–H and O–H groups in total. The molecule has 0 amide bonds. The largest absolute Gasteiger partial charge is 0.322 e. The Morgan fingerprint density at radius 3 is 2.70 bits per heavy atom. The molecule has 0 aliphatic heterocycles. The predicted octanol–water partition coefficient (Wildman–Crippen LogP) is 3.17. The second kappa shape index (κ2) is 5.12. The standard InChI is InChI=1S/C16H20N4/c1-4-13-10-14(20(5-2)18-13)11-19-12(3)17-15-8-6-7-9-16(15)19/h6-10H,4-5,11H2,1-3H3. The van der Waals surface area contributed by atoms with Crippen LogP contribution in [0.4, 0.5) is 0 Å². The summed E-state index contributed by atoms with van der Waals surface area (Å²) >= 11 is 0. The minimum atomic E-state index is 0.827. The fraction of sp³-hybridized carbons (Fsp3) is 0.375. The number of hydrogen-bond donors (Lipinski definition) is 0. The summed E-state index contributed by atoms with van der Waals surface area (Å²) in [6.07, 6.45) is 0.976. The Kier molecular flexibility index (Phi) is 3.30. The molecule has 104 valence electrons. The number of aromatic nitrogens is 4. The third kappa shape index (κ3) is 2.11. The van der Waals surface area contributed by atoms with Crippen molar-refractivity contribution in [2.24, 2.45) is 0 Å². The molecular formula is C16H20N4. The monoisotopic (exact) mass is 268 g/mol. The van der Waals surface area contributed by atoms with Gasteiger partial charge in [-0.2, -0.15) is 5.10 Å². The van der Waals surface area contributed by atoms with Crippen molar-refractivity contribution in [1.82, 2.24) is 19.3 Å². The molecule has 2 aromatic heterocycles. The summed E-state index contributed by atoms with van der Waals surface area (Å²) in [5.41, 5.74) is 4.65. The molecule has 3 rings (SSSR count). The summed E-state index contributed by atoms with van der Waals surface area (Å²) < 4.78 is 4.35. The molecule has 0 radical (unpaired) electrons. The van der Waals surface area contributed by atoms with Crippen LogP contribution in [-0.2, 0) is 19.5 Å². The van der Waals surface area contributed by atoms with Crippen molar-refractivity contribution in [2.45, 2.75) is 40.3 Å². The van der Waals surface area contributed by atoms with E-state index >= 15 is 0 Å². The minimum absolute atomic E-state index is 0.827. The van der Waals surface area contributed by atoms with Crippen LogP contribution in [0.15, 0.2) is 30.3 Å². The first-order valence-electron chi connectivity index (χ1n) is 7.20. The lowest BCUT2D eigenvalue weighted by molar-refractivity contribution is 0.595. The van der Waals surface area contributed by atoms with Crippen molar-refractivity contribution < 1.29 is 0 Å². The molecule has 0 spiro atoms. The van der Waals surface area contributed by atoms with Crippen molar-refractivity contribution in [1.29, 1.82) is 0 Å². The minimum Gasteiger partial charge on any atom is -0.322 e. The lowest BCUT2D eigenvalue weighted by atomic mass is 10.3. The van der Waals surface area contributed by atoms with Gasteiger partial charge in [-0.25, -0.2) is 4.98 Å². The van der Waals surface area contributed by atoms with Crippen LogP contribution in [0.3, 0.4) is 0 Å². The van der Waals surface area contributed by atoms with Gasteiger partial charge < -0.3 is 4.57 Å². The van der Waals surface area contributed by atoms with Gasteiger partial charge in [-0.3, -0.25) is 4.68 Å². The van der Waals surface area contributed by atoms with E-state index in [0.717, 1.165) is 36.5 Å². The van der Waals surface area contributed by atoms with E-state index in [0.29, 0.717) is 0 Å². The predicted molar refractivity (Wildman–Crippen MR) is 80.9 cm³/mol. The van der Waals surface area contributed by atoms with Crippen LogP contribution in [-0.4, -0.2) is 19.3 Å². The maximum absolute atomic E-state index is 4.63. The Bertz CT molecular complexity index is 736. The number of hydrogen-bond acceptors (Lipinski definition) is 2. The van der Waals surface area contributed by atoms with Gasteiger partial charge in [0.05, 0.1) is 29.0 Å². The summed E-state index contributed by atoms with van der Waals surface area (Å²) in [7, 11) is 0. The lowest BCUT2D eigenvalue weighted by Gasteiger charge is -2.08. The number of para-hydroxylation sites is 2. The van der Waals surface area contributed by atoms with Crippen LogP contribution in [0, 0.1) is 6.92 Å². The maximum Gasteiger partial charge on any atom is 0.107 e. The van der Waals surface area contributed by atoms with E-state index in [2.05, 4.69) is 64.4 Å². The zero-order valence-electron chi connectivity index (χ0n) is 12.3. The lowest BCUT2D eigenvalue weighted by Crippen LogP contribution is -2.09. The molecule has 0 bridgehead atoms. The summed E-state index contributed by atoms with van der Waals surface area (Å²) in [5, 5.41) is 4.62. The highest BCUT2D eigenvalue weighted by Gasteiger charge is 2.11. The van der Waals surface area contributed by atoms with Gasteiger partial charge in [-0.1, -0.05) is 19.1 Å². The van der Waals surface area contributed by atoms with Gasteiger partial charge in [0.1, 0.15) is 5.82 Å². The van der Waals surface area contributed by atoms with Gasteiger partial charge in [0, 0.05) is 6.54 Å². The van der Waals surface area contributed by atoms with Crippen molar-refractivity contribution in [3.63, 3.8) is 0 Å². The number of rotatable bonds is 4. The van der Waals surface area contributed by atoms with Crippen molar-refractivity contribution in [2.75, 3.05) is 0 Å². The van der Waals surface area contributed by atoms with E-state index in [1.165, 1.54) is 11.2 Å². The SMILES string of the molecule is CCc1cc(Cn2c(C)nc3ccccc32)n(CC)n1. The van der Waals surface area contributed by atoms with Gasteiger partial charge in [0.15, 0.2) is 0 Å². The summed E-state index contributed by atoms with van der Waals surface area (Å²) in [6, 6.07) is 10.5. The van der Waals surface area contributed by atoms with Gasteiger partial charge in [-0.05, 0) is 38.5 Å². The first-order chi connectivity index (χ1) is 9.72. The third-order valence-corrected chi connectivity index (χ3v) is 3.74. The highest BCUT2D eigenvalue weighted by Crippen LogP contribution is 2.18. The zero-order chi connectivity index (χ0) is 14.1. The maximum atomic E-state index is 4.63. The van der Waals surface area contributed by atoms with Gasteiger partial charge in [0.25, 0.3) is 0 Å². The number of fused-ring (bicyclic) bond motifs is 1. The van der Waals surface area contributed by atoms with E-state index in [4.69, 9.17) is 0 Å². The molecule has 1 aromatic carbocycles. The molecule has 0 unspecified atom stereocenters. The smallest absolute Gasteiger partial charge is 0.107 e. The van der Waals surface area contributed by atoms with Crippen LogP contribution in [0.1, 0.15) is 31.1 Å². The molecule has 0 atom stereocenters. The highest BCUT2D eigenvalue weighted by atomic mass is 15.3. The molecule has 20 heavy (non-hydrogen) atoms. The van der Waals surface area contributed by atoms with Crippen molar-refractivity contribution >= 4 is 11.0 Å². The Labute approximate surface area is 119 Å². The van der Waals surface area contributed by atoms with Crippen molar-refractivity contribution in [3.8, 4) is 0 Å². The molecule has 0 aliphatic carbocycles. The Balaban J connectivity index is 2.05. The fourth-order valence-corrected chi connectivity index (χ4v) is 2.65. The molecule has 0 saturated heterocycles. The van der Waals surface area contributed by atoms with Crippen LogP contribution in [0.2, 0.25) is 0 Å². The molecule has 0 aliphatic rings. The first kappa shape index (κ1) is 12.9. The van der Waals surface area contributed by atoms with Crippen LogP contribution in [0.25, 0.3) is 11.0 Å². The van der Waals surface area contributed by atoms with E-state index in [1.807, 2.05) is 6.07 Å². The quantitative estimate of drug-likeness (QED) is 0.728.